The quantitative estimate of drug-likeness (QED) is 0.723. The van der Waals surface area contributed by atoms with E-state index in [1.54, 1.807) is 0 Å². The van der Waals surface area contributed by atoms with E-state index in [4.69, 9.17) is 11.6 Å². The van der Waals surface area contributed by atoms with Crippen molar-refractivity contribution in [1.29, 1.82) is 0 Å². The SMILES string of the molecule is CC(c1ccc(Cl)cc1)N(C(=O)CN1C(=O)NC2(CCc3ccccc32)C1=O)C1CC1. The molecule has 1 heterocycles. The molecular formula is C24H24ClN3O3. The van der Waals surface area contributed by atoms with Crippen LogP contribution in [0.15, 0.2) is 48.5 Å². The lowest BCUT2D eigenvalue weighted by molar-refractivity contribution is -0.140. The van der Waals surface area contributed by atoms with Crippen LogP contribution in [0.5, 0.6) is 0 Å². The maximum atomic E-state index is 13.4. The minimum absolute atomic E-state index is 0.139. The van der Waals surface area contributed by atoms with Crippen molar-refractivity contribution < 1.29 is 14.4 Å². The second-order valence-corrected chi connectivity index (χ2v) is 9.08. The van der Waals surface area contributed by atoms with Crippen molar-refractivity contribution in [3.63, 3.8) is 0 Å². The van der Waals surface area contributed by atoms with E-state index < -0.39 is 11.6 Å². The summed E-state index contributed by atoms with van der Waals surface area (Å²) in [5.74, 6) is -0.539. The highest BCUT2D eigenvalue weighted by Gasteiger charge is 2.56. The fourth-order valence-corrected chi connectivity index (χ4v) is 5.07. The van der Waals surface area contributed by atoms with Crippen LogP contribution in [0.4, 0.5) is 4.79 Å². The van der Waals surface area contributed by atoms with Crippen LogP contribution in [0.3, 0.4) is 0 Å². The lowest BCUT2D eigenvalue weighted by Crippen LogP contribution is -2.46. The summed E-state index contributed by atoms with van der Waals surface area (Å²) >= 11 is 6.00. The van der Waals surface area contributed by atoms with Crippen molar-refractivity contribution in [3.8, 4) is 0 Å². The van der Waals surface area contributed by atoms with Gasteiger partial charge in [-0.1, -0.05) is 48.0 Å². The van der Waals surface area contributed by atoms with Gasteiger partial charge < -0.3 is 10.2 Å². The normalized spacial score (nSPS) is 23.1. The zero-order valence-electron chi connectivity index (χ0n) is 17.3. The van der Waals surface area contributed by atoms with Gasteiger partial charge in [0.15, 0.2) is 0 Å². The zero-order chi connectivity index (χ0) is 21.8. The standard InChI is InChI=1S/C24H24ClN3O3/c1-15(16-6-8-18(25)9-7-16)28(19-10-11-19)21(29)14-27-22(30)24(26-23(27)31)13-12-17-4-2-3-5-20(17)24/h2-9,15,19H,10-14H2,1H3,(H,26,31). The van der Waals surface area contributed by atoms with E-state index in [1.807, 2.05) is 60.4 Å². The number of halogens is 1. The van der Waals surface area contributed by atoms with Gasteiger partial charge >= 0.3 is 6.03 Å². The molecule has 4 amide bonds. The topological polar surface area (TPSA) is 69.7 Å². The van der Waals surface area contributed by atoms with E-state index in [1.165, 1.54) is 0 Å². The number of hydrogen-bond donors (Lipinski definition) is 1. The summed E-state index contributed by atoms with van der Waals surface area (Å²) in [6, 6.07) is 14.6. The molecule has 2 atom stereocenters. The number of hydrogen-bond acceptors (Lipinski definition) is 3. The van der Waals surface area contributed by atoms with E-state index in [2.05, 4.69) is 5.32 Å². The van der Waals surface area contributed by atoms with Gasteiger partial charge in [0.2, 0.25) is 5.91 Å². The van der Waals surface area contributed by atoms with E-state index in [0.29, 0.717) is 11.4 Å². The van der Waals surface area contributed by atoms with Gasteiger partial charge in [-0.15, -0.1) is 0 Å². The number of fused-ring (bicyclic) bond motifs is 2. The predicted molar refractivity (Wildman–Crippen MR) is 116 cm³/mol. The molecule has 0 bridgehead atoms. The van der Waals surface area contributed by atoms with Crippen LogP contribution in [0, 0.1) is 0 Å². The highest BCUT2D eigenvalue weighted by atomic mass is 35.5. The van der Waals surface area contributed by atoms with Gasteiger partial charge in [0.25, 0.3) is 5.91 Å². The number of rotatable bonds is 5. The number of nitrogens with zero attached hydrogens (tertiary/aromatic N) is 2. The molecule has 0 radical (unpaired) electrons. The Bertz CT molecular complexity index is 1070. The molecule has 1 aliphatic heterocycles. The van der Waals surface area contributed by atoms with Gasteiger partial charge in [-0.3, -0.25) is 14.5 Å². The molecule has 1 saturated carbocycles. The van der Waals surface area contributed by atoms with Crippen molar-refractivity contribution in [3.05, 3.63) is 70.2 Å². The maximum absolute atomic E-state index is 13.4. The van der Waals surface area contributed by atoms with Crippen molar-refractivity contribution >= 4 is 29.4 Å². The molecule has 2 unspecified atom stereocenters. The van der Waals surface area contributed by atoms with Gasteiger partial charge in [-0.25, -0.2) is 4.79 Å². The molecule has 5 rings (SSSR count). The lowest BCUT2D eigenvalue weighted by atomic mass is 9.92. The first-order chi connectivity index (χ1) is 14.9. The number of carbonyl (C=O) groups excluding carboxylic acids is 3. The summed E-state index contributed by atoms with van der Waals surface area (Å²) < 4.78 is 0. The van der Waals surface area contributed by atoms with Crippen LogP contribution < -0.4 is 5.32 Å². The molecule has 2 fully saturated rings. The molecule has 31 heavy (non-hydrogen) atoms. The first-order valence-electron chi connectivity index (χ1n) is 10.7. The molecular weight excluding hydrogens is 414 g/mol. The Morgan fingerprint density at radius 1 is 1.19 bits per heavy atom. The molecule has 1 N–H and O–H groups in total. The van der Waals surface area contributed by atoms with E-state index in [-0.39, 0.29) is 30.4 Å². The highest BCUT2D eigenvalue weighted by Crippen LogP contribution is 2.41. The maximum Gasteiger partial charge on any atom is 0.325 e. The first-order valence-corrected chi connectivity index (χ1v) is 11.1. The van der Waals surface area contributed by atoms with Gasteiger partial charge in [0.05, 0.1) is 6.04 Å². The van der Waals surface area contributed by atoms with Gasteiger partial charge in [0, 0.05) is 11.1 Å². The number of imide groups is 1. The van der Waals surface area contributed by atoms with Gasteiger partial charge in [-0.2, -0.15) is 0 Å². The zero-order valence-corrected chi connectivity index (χ0v) is 18.1. The second-order valence-electron chi connectivity index (χ2n) is 8.64. The average Bonchev–Trinajstić information content (AvgIpc) is 3.48. The summed E-state index contributed by atoms with van der Waals surface area (Å²) in [5, 5.41) is 3.53. The van der Waals surface area contributed by atoms with Crippen LogP contribution in [0.1, 0.15) is 48.9 Å². The third-order valence-corrected chi connectivity index (χ3v) is 6.97. The van der Waals surface area contributed by atoms with Crippen molar-refractivity contribution in [2.45, 2.75) is 50.2 Å². The molecule has 3 aliphatic rings. The number of urea groups is 1. The van der Waals surface area contributed by atoms with Crippen LogP contribution in [-0.2, 0) is 21.5 Å². The molecule has 160 valence electrons. The van der Waals surface area contributed by atoms with Crippen molar-refractivity contribution in [1.82, 2.24) is 15.1 Å². The fourth-order valence-electron chi connectivity index (χ4n) is 4.94. The smallest absolute Gasteiger partial charge is 0.325 e. The van der Waals surface area contributed by atoms with Crippen molar-refractivity contribution in [2.75, 3.05) is 6.54 Å². The molecule has 1 spiro atoms. The summed E-state index contributed by atoms with van der Waals surface area (Å²) in [4.78, 5) is 42.4. The number of amides is 4. The number of nitrogens with one attached hydrogen (secondary N) is 1. The second kappa shape index (κ2) is 7.38. The summed E-state index contributed by atoms with van der Waals surface area (Å²) in [6.07, 6.45) is 3.11. The molecule has 2 aromatic carbocycles. The molecule has 2 aromatic rings. The number of carbonyl (C=O) groups is 3. The Balaban J connectivity index is 1.37. The average molecular weight is 438 g/mol. The minimum Gasteiger partial charge on any atom is -0.331 e. The van der Waals surface area contributed by atoms with Crippen molar-refractivity contribution in [2.24, 2.45) is 0 Å². The number of aryl methyl sites for hydroxylation is 1. The van der Waals surface area contributed by atoms with Gasteiger partial charge in [-0.05, 0) is 61.4 Å². The first kappa shape index (κ1) is 20.1. The van der Waals surface area contributed by atoms with E-state index in [9.17, 15) is 14.4 Å². The lowest BCUT2D eigenvalue weighted by Gasteiger charge is -2.31. The molecule has 2 aliphatic carbocycles. The number of benzene rings is 2. The van der Waals surface area contributed by atoms with E-state index in [0.717, 1.165) is 40.9 Å². The fraction of sp³-hybridized carbons (Fsp3) is 0.375. The van der Waals surface area contributed by atoms with Crippen LogP contribution in [-0.4, -0.2) is 40.2 Å². The highest BCUT2D eigenvalue weighted by molar-refractivity contribution is 6.30. The van der Waals surface area contributed by atoms with Crippen LogP contribution in [0.2, 0.25) is 5.02 Å². The predicted octanol–water partition coefficient (Wildman–Crippen LogP) is 3.79. The summed E-state index contributed by atoms with van der Waals surface area (Å²) in [5.41, 5.74) is 1.85. The Kier molecular flexibility index (Phi) is 4.77. The van der Waals surface area contributed by atoms with Crippen LogP contribution >= 0.6 is 11.6 Å². The summed E-state index contributed by atoms with van der Waals surface area (Å²) in [7, 11) is 0. The van der Waals surface area contributed by atoms with Crippen LogP contribution in [0.25, 0.3) is 0 Å². The molecule has 6 nitrogen and oxygen atoms in total. The Hall–Kier alpha value is -2.86. The largest absolute Gasteiger partial charge is 0.331 e. The summed E-state index contributed by atoms with van der Waals surface area (Å²) in [6.45, 7) is 1.73. The minimum atomic E-state index is -1.04. The molecule has 0 aromatic heterocycles. The van der Waals surface area contributed by atoms with Gasteiger partial charge in [0.1, 0.15) is 12.1 Å². The monoisotopic (exact) mass is 437 g/mol. The molecule has 7 heteroatoms. The Morgan fingerprint density at radius 2 is 1.90 bits per heavy atom. The molecule has 1 saturated heterocycles. The third-order valence-electron chi connectivity index (χ3n) is 6.71. The van der Waals surface area contributed by atoms with E-state index >= 15 is 0 Å². The third kappa shape index (κ3) is 3.30. The Labute approximate surface area is 186 Å². The Morgan fingerprint density at radius 3 is 2.61 bits per heavy atom.